The third-order valence-corrected chi connectivity index (χ3v) is 1.44. The maximum Gasteiger partial charge on any atom is 0.137 e. The molecule has 0 fully saturated rings. The first-order valence-electron chi connectivity index (χ1n) is 2.66. The molecule has 4 heteroatoms. The Balaban J connectivity index is 2.30. The zero-order valence-corrected chi connectivity index (χ0v) is 5.69. The molecule has 0 radical (unpaired) electrons. The molecule has 0 aliphatic rings. The third kappa shape index (κ3) is 1.99. The Bertz CT molecular complexity index is 152. The summed E-state index contributed by atoms with van der Waals surface area (Å²) in [6.07, 6.45) is 0. The second-order valence-corrected chi connectivity index (χ2v) is 2.24. The van der Waals surface area contributed by atoms with Crippen LogP contribution in [0.15, 0.2) is 10.9 Å². The van der Waals surface area contributed by atoms with E-state index in [1.807, 2.05) is 5.38 Å². The van der Waals surface area contributed by atoms with Crippen LogP contribution >= 0.6 is 11.3 Å². The van der Waals surface area contributed by atoms with E-state index < -0.39 is 0 Å². The minimum Gasteiger partial charge on any atom is -0.395 e. The fourth-order valence-corrected chi connectivity index (χ4v) is 0.992. The molecule has 1 heterocycles. The van der Waals surface area contributed by atoms with Crippen molar-refractivity contribution in [1.29, 1.82) is 0 Å². The van der Waals surface area contributed by atoms with Gasteiger partial charge in [0.2, 0.25) is 0 Å². The highest BCUT2D eigenvalue weighted by molar-refractivity contribution is 7.07. The summed E-state index contributed by atoms with van der Waals surface area (Å²) < 4.78 is 0. The second kappa shape index (κ2) is 3.42. The van der Waals surface area contributed by atoms with Gasteiger partial charge in [-0.2, -0.15) is 0 Å². The summed E-state index contributed by atoms with van der Waals surface area (Å²) in [6, 6.07) is 0. The molecule has 50 valence electrons. The molecule has 0 bridgehead atoms. The Morgan fingerprint density at radius 1 is 1.78 bits per heavy atom. The minimum atomic E-state index is 0.150. The molecule has 0 saturated carbocycles. The van der Waals surface area contributed by atoms with Crippen molar-refractivity contribution in [1.82, 2.24) is 4.98 Å². The van der Waals surface area contributed by atoms with Crippen molar-refractivity contribution in [3.05, 3.63) is 10.9 Å². The third-order valence-electron chi connectivity index (χ3n) is 0.850. The summed E-state index contributed by atoms with van der Waals surface area (Å²) in [7, 11) is 0. The average Bonchev–Trinajstić information content (AvgIpc) is 2.34. The molecule has 9 heavy (non-hydrogen) atoms. The van der Waals surface area contributed by atoms with Crippen LogP contribution in [0, 0.1) is 0 Å². The van der Waals surface area contributed by atoms with E-state index in [4.69, 9.17) is 5.11 Å². The largest absolute Gasteiger partial charge is 0.395 e. The Labute approximate surface area is 57.4 Å². The van der Waals surface area contributed by atoms with Gasteiger partial charge >= 0.3 is 0 Å². The molecule has 3 nitrogen and oxygen atoms in total. The molecule has 1 rings (SSSR count). The fourth-order valence-electron chi connectivity index (χ4n) is 0.484. The van der Waals surface area contributed by atoms with Crippen molar-refractivity contribution in [3.8, 4) is 0 Å². The Morgan fingerprint density at radius 2 is 2.67 bits per heavy atom. The van der Waals surface area contributed by atoms with Crippen LogP contribution in [0.1, 0.15) is 0 Å². The number of aliphatic hydroxyl groups excluding tert-OH is 1. The fraction of sp³-hybridized carbons (Fsp3) is 0.400. The van der Waals surface area contributed by atoms with Crippen LogP contribution in [0.25, 0.3) is 0 Å². The predicted octanol–water partition coefficient (Wildman–Crippen LogP) is 0.547. The normalized spacial score (nSPS) is 9.44. The molecular weight excluding hydrogens is 136 g/mol. The lowest BCUT2D eigenvalue weighted by Gasteiger charge is -1.95. The van der Waals surface area contributed by atoms with Crippen molar-refractivity contribution in [2.75, 3.05) is 18.5 Å². The number of hydrogen-bond acceptors (Lipinski definition) is 4. The van der Waals surface area contributed by atoms with E-state index in [9.17, 15) is 0 Å². The van der Waals surface area contributed by atoms with E-state index in [0.29, 0.717) is 6.54 Å². The molecular formula is C5H8N2OS. The van der Waals surface area contributed by atoms with Gasteiger partial charge in [0.25, 0.3) is 0 Å². The molecule has 2 N–H and O–H groups in total. The summed E-state index contributed by atoms with van der Waals surface area (Å²) >= 11 is 1.53. The number of nitrogens with zero attached hydrogens (tertiary/aromatic N) is 1. The van der Waals surface area contributed by atoms with Gasteiger partial charge in [0.1, 0.15) is 5.82 Å². The smallest absolute Gasteiger partial charge is 0.137 e. The molecule has 0 aromatic carbocycles. The molecule has 0 aliphatic carbocycles. The standard InChI is InChI=1S/C5H8N2OS/c8-2-1-6-5-3-9-4-7-5/h3-4,6,8H,1-2H2. The molecule has 1 aromatic rings. The maximum atomic E-state index is 8.38. The Morgan fingerprint density at radius 3 is 3.22 bits per heavy atom. The zero-order chi connectivity index (χ0) is 6.53. The van der Waals surface area contributed by atoms with Gasteiger partial charge in [-0.15, -0.1) is 11.3 Å². The number of aliphatic hydroxyl groups is 1. The average molecular weight is 144 g/mol. The van der Waals surface area contributed by atoms with Crippen LogP contribution in [0.5, 0.6) is 0 Å². The zero-order valence-electron chi connectivity index (χ0n) is 4.87. The van der Waals surface area contributed by atoms with Gasteiger partial charge in [0.15, 0.2) is 0 Å². The lowest BCUT2D eigenvalue weighted by atomic mass is 10.6. The topological polar surface area (TPSA) is 45.1 Å². The van der Waals surface area contributed by atoms with Gasteiger partial charge in [-0.25, -0.2) is 4.98 Å². The molecule has 1 aromatic heterocycles. The van der Waals surface area contributed by atoms with Gasteiger partial charge in [-0.1, -0.05) is 0 Å². The summed E-state index contributed by atoms with van der Waals surface area (Å²) in [5.74, 6) is 0.842. The van der Waals surface area contributed by atoms with Crippen molar-refractivity contribution in [2.45, 2.75) is 0 Å². The number of rotatable bonds is 3. The summed E-state index contributed by atoms with van der Waals surface area (Å²) in [5.41, 5.74) is 1.75. The number of aromatic nitrogens is 1. The van der Waals surface area contributed by atoms with Gasteiger partial charge in [0.05, 0.1) is 12.1 Å². The second-order valence-electron chi connectivity index (χ2n) is 1.52. The number of nitrogens with one attached hydrogen (secondary N) is 1. The van der Waals surface area contributed by atoms with E-state index in [0.717, 1.165) is 5.82 Å². The summed E-state index contributed by atoms with van der Waals surface area (Å²) in [4.78, 5) is 3.95. The first-order valence-corrected chi connectivity index (χ1v) is 3.60. The molecule has 0 unspecified atom stereocenters. The SMILES string of the molecule is OCCNc1cscn1. The highest BCUT2D eigenvalue weighted by atomic mass is 32.1. The number of anilines is 1. The number of hydrogen-bond donors (Lipinski definition) is 2. The molecule has 0 atom stereocenters. The van der Waals surface area contributed by atoms with Crippen LogP contribution in [-0.2, 0) is 0 Å². The number of thiazole rings is 1. The van der Waals surface area contributed by atoms with Gasteiger partial charge in [-0.05, 0) is 0 Å². The van der Waals surface area contributed by atoms with Crippen molar-refractivity contribution >= 4 is 17.2 Å². The molecule has 0 amide bonds. The van der Waals surface area contributed by atoms with E-state index in [1.165, 1.54) is 11.3 Å². The van der Waals surface area contributed by atoms with Crippen molar-refractivity contribution in [2.24, 2.45) is 0 Å². The summed E-state index contributed by atoms with van der Waals surface area (Å²) in [6.45, 7) is 0.723. The monoisotopic (exact) mass is 144 g/mol. The van der Waals surface area contributed by atoms with Crippen LogP contribution < -0.4 is 5.32 Å². The molecule has 0 aliphatic heterocycles. The lowest BCUT2D eigenvalue weighted by molar-refractivity contribution is 0.311. The lowest BCUT2D eigenvalue weighted by Crippen LogP contribution is -2.04. The van der Waals surface area contributed by atoms with Crippen LogP contribution in [0.3, 0.4) is 0 Å². The molecule has 0 spiro atoms. The van der Waals surface area contributed by atoms with Crippen molar-refractivity contribution < 1.29 is 5.11 Å². The van der Waals surface area contributed by atoms with E-state index in [-0.39, 0.29) is 6.61 Å². The Kier molecular flexibility index (Phi) is 2.48. The predicted molar refractivity (Wildman–Crippen MR) is 37.7 cm³/mol. The van der Waals surface area contributed by atoms with Gasteiger partial charge in [0, 0.05) is 11.9 Å². The van der Waals surface area contributed by atoms with Crippen LogP contribution in [0.4, 0.5) is 5.82 Å². The van der Waals surface area contributed by atoms with E-state index in [1.54, 1.807) is 5.51 Å². The highest BCUT2D eigenvalue weighted by Gasteiger charge is 1.88. The highest BCUT2D eigenvalue weighted by Crippen LogP contribution is 2.04. The van der Waals surface area contributed by atoms with Gasteiger partial charge < -0.3 is 10.4 Å². The summed E-state index contributed by atoms with van der Waals surface area (Å²) in [5, 5.41) is 13.2. The first kappa shape index (κ1) is 6.51. The van der Waals surface area contributed by atoms with Gasteiger partial charge in [-0.3, -0.25) is 0 Å². The van der Waals surface area contributed by atoms with Crippen LogP contribution in [0.2, 0.25) is 0 Å². The maximum absolute atomic E-state index is 8.38. The quantitative estimate of drug-likeness (QED) is 0.651. The molecule has 0 saturated heterocycles. The van der Waals surface area contributed by atoms with E-state index in [2.05, 4.69) is 10.3 Å². The van der Waals surface area contributed by atoms with Crippen molar-refractivity contribution in [3.63, 3.8) is 0 Å². The van der Waals surface area contributed by atoms with E-state index >= 15 is 0 Å². The first-order chi connectivity index (χ1) is 4.43. The van der Waals surface area contributed by atoms with Crippen LogP contribution in [-0.4, -0.2) is 23.2 Å². The minimum absolute atomic E-state index is 0.150. The Hall–Kier alpha value is -0.610.